The van der Waals surface area contributed by atoms with E-state index >= 15 is 0 Å². The lowest BCUT2D eigenvalue weighted by Gasteiger charge is -2.21. The lowest BCUT2D eigenvalue weighted by Crippen LogP contribution is -2.29. The van der Waals surface area contributed by atoms with E-state index in [2.05, 4.69) is 43.1 Å². The van der Waals surface area contributed by atoms with Gasteiger partial charge in [-0.15, -0.1) is 0 Å². The zero-order valence-corrected chi connectivity index (χ0v) is 27.5. The number of aliphatic hydroxyl groups excluding tert-OH is 1. The highest BCUT2D eigenvalue weighted by Gasteiger charge is 2.04. The Morgan fingerprint density at radius 2 is 0.850 bits per heavy atom. The van der Waals surface area contributed by atoms with Gasteiger partial charge in [0.2, 0.25) is 0 Å². The summed E-state index contributed by atoms with van der Waals surface area (Å²) in [6.45, 7) is 9.91. The fraction of sp³-hybridized carbons (Fsp3) is 0.892. The highest BCUT2D eigenvalue weighted by molar-refractivity contribution is 4.92. The van der Waals surface area contributed by atoms with Crippen LogP contribution in [0, 0.1) is 0 Å². The van der Waals surface area contributed by atoms with Crippen LogP contribution < -0.4 is 0 Å². The quantitative estimate of drug-likeness (QED) is 0.0624. The Kier molecular flexibility index (Phi) is 35.8. The molecular formula is C37H73NO2. The molecule has 0 radical (unpaired) electrons. The fourth-order valence-electron chi connectivity index (χ4n) is 5.31. The Balaban J connectivity index is 3.43. The summed E-state index contributed by atoms with van der Waals surface area (Å²) < 4.78 is 5.82. The van der Waals surface area contributed by atoms with Gasteiger partial charge < -0.3 is 14.7 Å². The van der Waals surface area contributed by atoms with Crippen LogP contribution in [0.3, 0.4) is 0 Å². The Hall–Kier alpha value is -0.640. The second kappa shape index (κ2) is 36.4. The van der Waals surface area contributed by atoms with E-state index in [-0.39, 0.29) is 0 Å². The zero-order chi connectivity index (χ0) is 29.0. The van der Waals surface area contributed by atoms with Crippen molar-refractivity contribution < 1.29 is 9.84 Å². The normalized spacial score (nSPS) is 12.1. The van der Waals surface area contributed by atoms with Crippen molar-refractivity contribution in [2.75, 3.05) is 39.5 Å². The topological polar surface area (TPSA) is 32.7 Å². The highest BCUT2D eigenvalue weighted by Crippen LogP contribution is 2.11. The summed E-state index contributed by atoms with van der Waals surface area (Å²) in [6, 6.07) is 0. The second-order valence-corrected chi connectivity index (χ2v) is 12.0. The van der Waals surface area contributed by atoms with Crippen LogP contribution >= 0.6 is 0 Å². The summed E-state index contributed by atoms with van der Waals surface area (Å²) in [5, 5.41) is 9.44. The maximum absolute atomic E-state index is 9.44. The highest BCUT2D eigenvalue weighted by atomic mass is 16.5. The molecule has 0 atom stereocenters. The number of aliphatic hydroxyl groups is 1. The van der Waals surface area contributed by atoms with Crippen LogP contribution in [0.15, 0.2) is 24.3 Å². The smallest absolute Gasteiger partial charge is 0.0558 e. The van der Waals surface area contributed by atoms with Gasteiger partial charge in [-0.1, -0.05) is 141 Å². The van der Waals surface area contributed by atoms with Crippen LogP contribution in [-0.4, -0.2) is 49.5 Å². The van der Waals surface area contributed by atoms with Crippen molar-refractivity contribution in [1.82, 2.24) is 4.90 Å². The number of hydrogen-bond donors (Lipinski definition) is 1. The molecule has 0 saturated carbocycles. The molecule has 0 unspecified atom stereocenters. The first-order chi connectivity index (χ1) is 19.8. The predicted octanol–water partition coefficient (Wildman–Crippen LogP) is 11.2. The zero-order valence-electron chi connectivity index (χ0n) is 27.5. The number of allylic oxidation sites excluding steroid dienone is 4. The molecule has 0 heterocycles. The average molecular weight is 564 g/mol. The van der Waals surface area contributed by atoms with Crippen LogP contribution in [0.4, 0.5) is 0 Å². The molecule has 3 nitrogen and oxygen atoms in total. The van der Waals surface area contributed by atoms with Crippen molar-refractivity contribution in [2.45, 2.75) is 174 Å². The third-order valence-electron chi connectivity index (χ3n) is 8.00. The van der Waals surface area contributed by atoms with E-state index in [9.17, 15) is 5.11 Å². The van der Waals surface area contributed by atoms with E-state index in [1.807, 2.05) is 0 Å². The minimum Gasteiger partial charge on any atom is -0.395 e. The molecule has 0 rings (SSSR count). The molecule has 0 saturated heterocycles. The van der Waals surface area contributed by atoms with Crippen LogP contribution in [-0.2, 0) is 4.74 Å². The Morgan fingerprint density at radius 1 is 0.450 bits per heavy atom. The van der Waals surface area contributed by atoms with Gasteiger partial charge in [0.1, 0.15) is 0 Å². The minimum absolute atomic E-state index is 0.293. The summed E-state index contributed by atoms with van der Waals surface area (Å²) >= 11 is 0. The Morgan fingerprint density at radius 3 is 1.35 bits per heavy atom. The minimum atomic E-state index is 0.293. The van der Waals surface area contributed by atoms with Crippen molar-refractivity contribution in [3.63, 3.8) is 0 Å². The molecule has 3 heteroatoms. The van der Waals surface area contributed by atoms with Crippen LogP contribution in [0.25, 0.3) is 0 Å². The Bertz CT molecular complexity index is 504. The van der Waals surface area contributed by atoms with E-state index in [4.69, 9.17) is 4.74 Å². The molecule has 0 aromatic heterocycles. The molecule has 0 spiro atoms. The van der Waals surface area contributed by atoms with Gasteiger partial charge in [0.05, 0.1) is 6.61 Å². The lowest BCUT2D eigenvalue weighted by molar-refractivity contribution is 0.125. The summed E-state index contributed by atoms with van der Waals surface area (Å²) in [7, 11) is 0. The SMILES string of the molecule is CCCCC/C=C\C/C=C\CCCCCCCCN(CCO)CCCCCCCCOCCCCCCCCC. The third kappa shape index (κ3) is 33.6. The maximum atomic E-state index is 9.44. The van der Waals surface area contributed by atoms with Gasteiger partial charge in [0.25, 0.3) is 0 Å². The van der Waals surface area contributed by atoms with Gasteiger partial charge in [-0.2, -0.15) is 0 Å². The molecule has 0 aliphatic heterocycles. The van der Waals surface area contributed by atoms with E-state index in [0.717, 1.165) is 39.3 Å². The largest absolute Gasteiger partial charge is 0.395 e. The summed E-state index contributed by atoms with van der Waals surface area (Å²) in [5.74, 6) is 0. The van der Waals surface area contributed by atoms with E-state index < -0.39 is 0 Å². The van der Waals surface area contributed by atoms with Gasteiger partial charge in [-0.05, 0) is 70.9 Å². The molecule has 0 aliphatic rings. The number of rotatable bonds is 34. The van der Waals surface area contributed by atoms with Crippen LogP contribution in [0.2, 0.25) is 0 Å². The summed E-state index contributed by atoms with van der Waals surface area (Å²) in [6.07, 6.45) is 42.3. The number of ether oxygens (including phenoxy) is 1. The Labute approximate surface area is 252 Å². The first-order valence-electron chi connectivity index (χ1n) is 18.1. The number of nitrogens with zero attached hydrogens (tertiary/aromatic N) is 1. The van der Waals surface area contributed by atoms with Crippen LogP contribution in [0.5, 0.6) is 0 Å². The molecule has 238 valence electrons. The first-order valence-corrected chi connectivity index (χ1v) is 18.1. The van der Waals surface area contributed by atoms with Gasteiger partial charge in [0, 0.05) is 19.8 Å². The molecule has 0 aromatic rings. The monoisotopic (exact) mass is 564 g/mol. The van der Waals surface area contributed by atoms with Crippen molar-refractivity contribution >= 4 is 0 Å². The van der Waals surface area contributed by atoms with Gasteiger partial charge in [0.15, 0.2) is 0 Å². The third-order valence-corrected chi connectivity index (χ3v) is 8.00. The van der Waals surface area contributed by atoms with Crippen molar-refractivity contribution in [3.8, 4) is 0 Å². The molecular weight excluding hydrogens is 490 g/mol. The number of unbranched alkanes of at least 4 members (excludes halogenated alkanes) is 20. The second-order valence-electron chi connectivity index (χ2n) is 12.0. The fourth-order valence-corrected chi connectivity index (χ4v) is 5.31. The molecule has 40 heavy (non-hydrogen) atoms. The summed E-state index contributed by atoms with van der Waals surface area (Å²) in [5.41, 5.74) is 0. The number of hydrogen-bond acceptors (Lipinski definition) is 3. The standard InChI is InChI=1S/C37H73NO2/c1-3-5-7-9-11-12-13-14-15-16-17-18-19-20-24-28-32-38(34-35-39)33-29-25-21-23-27-31-37-40-36-30-26-22-10-8-6-4-2/h11-12,14-15,39H,3-10,13,16-37H2,1-2H3/b12-11-,15-14-. The molecule has 0 bridgehead atoms. The van der Waals surface area contributed by atoms with E-state index in [1.165, 1.54) is 154 Å². The van der Waals surface area contributed by atoms with Gasteiger partial charge in [-0.3, -0.25) is 0 Å². The predicted molar refractivity (Wildman–Crippen MR) is 179 cm³/mol. The first kappa shape index (κ1) is 39.4. The summed E-state index contributed by atoms with van der Waals surface area (Å²) in [4.78, 5) is 2.49. The average Bonchev–Trinajstić information content (AvgIpc) is 2.96. The lowest BCUT2D eigenvalue weighted by atomic mass is 10.1. The van der Waals surface area contributed by atoms with Crippen molar-refractivity contribution in [3.05, 3.63) is 24.3 Å². The molecule has 0 aliphatic carbocycles. The van der Waals surface area contributed by atoms with Gasteiger partial charge in [-0.25, -0.2) is 0 Å². The van der Waals surface area contributed by atoms with Crippen molar-refractivity contribution in [1.29, 1.82) is 0 Å². The molecule has 0 fully saturated rings. The van der Waals surface area contributed by atoms with E-state index in [1.54, 1.807) is 0 Å². The molecule has 0 amide bonds. The van der Waals surface area contributed by atoms with Crippen molar-refractivity contribution in [2.24, 2.45) is 0 Å². The van der Waals surface area contributed by atoms with Crippen LogP contribution in [0.1, 0.15) is 174 Å². The van der Waals surface area contributed by atoms with E-state index in [0.29, 0.717) is 6.61 Å². The maximum Gasteiger partial charge on any atom is 0.0558 e. The van der Waals surface area contributed by atoms with Gasteiger partial charge >= 0.3 is 0 Å². The molecule has 0 aromatic carbocycles. The molecule has 1 N–H and O–H groups in total.